The lowest BCUT2D eigenvalue weighted by molar-refractivity contribution is 0.0696. The molecule has 0 aromatic heterocycles. The van der Waals surface area contributed by atoms with E-state index >= 15 is 0 Å². The van der Waals surface area contributed by atoms with Gasteiger partial charge in [0.05, 0.1) is 10.0 Å². The zero-order valence-electron chi connectivity index (χ0n) is 10.1. The number of carboxylic acids is 1. The fourth-order valence-electron chi connectivity index (χ4n) is 1.56. The average molecular weight is 376 g/mol. The summed E-state index contributed by atoms with van der Waals surface area (Å²) < 4.78 is 6.18. The molecule has 0 saturated carbocycles. The van der Waals surface area contributed by atoms with Crippen LogP contribution in [0.5, 0.6) is 5.75 Å². The normalized spacial score (nSPS) is 10.3. The maximum Gasteiger partial charge on any atom is 0.335 e. The molecule has 0 atom stereocenters. The van der Waals surface area contributed by atoms with Crippen LogP contribution in [0.3, 0.4) is 0 Å². The molecule has 0 bridgehead atoms. The van der Waals surface area contributed by atoms with Crippen molar-refractivity contribution in [3.05, 3.63) is 62.0 Å². The van der Waals surface area contributed by atoms with E-state index in [1.807, 2.05) is 0 Å². The van der Waals surface area contributed by atoms with Crippen LogP contribution in [0.25, 0.3) is 0 Å². The molecule has 0 heterocycles. The monoisotopic (exact) mass is 374 g/mol. The van der Waals surface area contributed by atoms with Gasteiger partial charge in [-0.2, -0.15) is 0 Å². The minimum atomic E-state index is -0.991. The predicted octanol–water partition coefficient (Wildman–Crippen LogP) is 5.03. The van der Waals surface area contributed by atoms with Crippen molar-refractivity contribution in [2.45, 2.75) is 6.61 Å². The van der Waals surface area contributed by atoms with Crippen LogP contribution in [-0.4, -0.2) is 11.1 Å². The topological polar surface area (TPSA) is 46.5 Å². The number of carboxylic acid groups (broad SMARTS) is 1. The fourth-order valence-corrected chi connectivity index (χ4v) is 2.42. The second kappa shape index (κ2) is 6.48. The zero-order chi connectivity index (χ0) is 14.7. The number of benzene rings is 2. The highest BCUT2D eigenvalue weighted by atomic mass is 79.9. The molecule has 0 amide bonds. The molecule has 1 N–H and O–H groups in total. The molecule has 0 aliphatic carbocycles. The number of carbonyl (C=O) groups is 1. The first-order valence-corrected chi connectivity index (χ1v) is 7.12. The third-order valence-electron chi connectivity index (χ3n) is 2.57. The molecule has 0 unspecified atom stereocenters. The van der Waals surface area contributed by atoms with Gasteiger partial charge in [0.1, 0.15) is 12.4 Å². The molecule has 0 fully saturated rings. The SMILES string of the molecule is O=C(O)c1ccc(OCc2cc(Cl)ccc2Cl)c(Br)c1. The third kappa shape index (κ3) is 3.66. The molecule has 0 aliphatic heterocycles. The molecule has 6 heteroatoms. The number of halogens is 3. The minimum Gasteiger partial charge on any atom is -0.488 e. The summed E-state index contributed by atoms with van der Waals surface area (Å²) in [5.41, 5.74) is 0.943. The van der Waals surface area contributed by atoms with Gasteiger partial charge < -0.3 is 9.84 Å². The predicted molar refractivity (Wildman–Crippen MR) is 81.9 cm³/mol. The Bertz CT molecular complexity index is 659. The Morgan fingerprint density at radius 3 is 2.60 bits per heavy atom. The first-order chi connectivity index (χ1) is 9.47. The Hall–Kier alpha value is -1.23. The Kier molecular flexibility index (Phi) is 4.91. The van der Waals surface area contributed by atoms with Crippen LogP contribution in [-0.2, 0) is 6.61 Å². The second-order valence-electron chi connectivity index (χ2n) is 3.97. The first-order valence-electron chi connectivity index (χ1n) is 5.57. The van der Waals surface area contributed by atoms with Gasteiger partial charge in [-0.25, -0.2) is 4.79 Å². The Morgan fingerprint density at radius 1 is 1.20 bits per heavy atom. The van der Waals surface area contributed by atoms with Crippen molar-refractivity contribution in [3.63, 3.8) is 0 Å². The summed E-state index contributed by atoms with van der Waals surface area (Å²) in [5.74, 6) is -0.457. The van der Waals surface area contributed by atoms with Gasteiger partial charge >= 0.3 is 5.97 Å². The van der Waals surface area contributed by atoms with E-state index in [0.29, 0.717) is 20.3 Å². The standard InChI is InChI=1S/C14H9BrCl2O3/c15-11-6-8(14(18)19)1-4-13(11)20-7-9-5-10(16)2-3-12(9)17/h1-6H,7H2,(H,18,19). The zero-order valence-corrected chi connectivity index (χ0v) is 13.2. The molecular weight excluding hydrogens is 367 g/mol. The van der Waals surface area contributed by atoms with Crippen LogP contribution < -0.4 is 4.74 Å². The molecule has 2 rings (SSSR count). The van der Waals surface area contributed by atoms with Gasteiger partial charge in [0.25, 0.3) is 0 Å². The average Bonchev–Trinajstić information content (AvgIpc) is 2.40. The van der Waals surface area contributed by atoms with E-state index in [9.17, 15) is 4.79 Å². The maximum absolute atomic E-state index is 10.8. The van der Waals surface area contributed by atoms with Crippen molar-refractivity contribution in [1.82, 2.24) is 0 Å². The van der Waals surface area contributed by atoms with E-state index in [2.05, 4.69) is 15.9 Å². The summed E-state index contributed by atoms with van der Waals surface area (Å²) in [6, 6.07) is 9.67. The number of hydrogen-bond donors (Lipinski definition) is 1. The molecule has 3 nitrogen and oxygen atoms in total. The highest BCUT2D eigenvalue weighted by molar-refractivity contribution is 9.10. The van der Waals surface area contributed by atoms with Crippen molar-refractivity contribution in [3.8, 4) is 5.75 Å². The van der Waals surface area contributed by atoms with E-state index in [1.165, 1.54) is 12.1 Å². The lowest BCUT2D eigenvalue weighted by atomic mass is 10.2. The molecular formula is C14H9BrCl2O3. The van der Waals surface area contributed by atoms with Crippen LogP contribution in [0.2, 0.25) is 10.0 Å². The summed E-state index contributed by atoms with van der Waals surface area (Å²) in [4.78, 5) is 10.8. The molecule has 2 aromatic rings. The van der Waals surface area contributed by atoms with Gasteiger partial charge in [0, 0.05) is 15.6 Å². The minimum absolute atomic E-state index is 0.185. The smallest absolute Gasteiger partial charge is 0.335 e. The lowest BCUT2D eigenvalue weighted by Gasteiger charge is -2.10. The molecule has 0 saturated heterocycles. The summed E-state index contributed by atoms with van der Waals surface area (Å²) in [5, 5.41) is 10.0. The molecule has 0 radical (unpaired) electrons. The third-order valence-corrected chi connectivity index (χ3v) is 3.79. The summed E-state index contributed by atoms with van der Waals surface area (Å²) in [6.45, 7) is 0.240. The largest absolute Gasteiger partial charge is 0.488 e. The van der Waals surface area contributed by atoms with Crippen LogP contribution in [0.15, 0.2) is 40.9 Å². The van der Waals surface area contributed by atoms with Crippen molar-refractivity contribution >= 4 is 45.1 Å². The molecule has 104 valence electrons. The van der Waals surface area contributed by atoms with Gasteiger partial charge in [-0.1, -0.05) is 23.2 Å². The first kappa shape index (κ1) is 15.2. The van der Waals surface area contributed by atoms with Crippen molar-refractivity contribution in [1.29, 1.82) is 0 Å². The number of rotatable bonds is 4. The van der Waals surface area contributed by atoms with E-state index in [-0.39, 0.29) is 12.2 Å². The van der Waals surface area contributed by atoms with E-state index in [1.54, 1.807) is 24.3 Å². The van der Waals surface area contributed by atoms with Gasteiger partial charge in [0.15, 0.2) is 0 Å². The molecule has 20 heavy (non-hydrogen) atoms. The summed E-state index contributed by atoms with van der Waals surface area (Å²) in [7, 11) is 0. The van der Waals surface area contributed by atoms with Crippen LogP contribution in [0.1, 0.15) is 15.9 Å². The van der Waals surface area contributed by atoms with Crippen molar-refractivity contribution < 1.29 is 14.6 Å². The summed E-state index contributed by atoms with van der Waals surface area (Å²) >= 11 is 15.2. The highest BCUT2D eigenvalue weighted by Crippen LogP contribution is 2.28. The molecule has 0 aliphatic rings. The quantitative estimate of drug-likeness (QED) is 0.814. The second-order valence-corrected chi connectivity index (χ2v) is 5.67. The van der Waals surface area contributed by atoms with Crippen molar-refractivity contribution in [2.75, 3.05) is 0 Å². The molecule has 0 spiro atoms. The fraction of sp³-hybridized carbons (Fsp3) is 0.0714. The highest BCUT2D eigenvalue weighted by Gasteiger charge is 2.09. The van der Waals surface area contributed by atoms with Gasteiger partial charge in [-0.3, -0.25) is 0 Å². The van der Waals surface area contributed by atoms with Crippen LogP contribution in [0, 0.1) is 0 Å². The molecule has 2 aromatic carbocycles. The van der Waals surface area contributed by atoms with Gasteiger partial charge in [-0.05, 0) is 52.3 Å². The lowest BCUT2D eigenvalue weighted by Crippen LogP contribution is -1.99. The van der Waals surface area contributed by atoms with Gasteiger partial charge in [-0.15, -0.1) is 0 Å². The van der Waals surface area contributed by atoms with Crippen LogP contribution >= 0.6 is 39.1 Å². The Balaban J connectivity index is 2.15. The number of ether oxygens (including phenoxy) is 1. The van der Waals surface area contributed by atoms with Gasteiger partial charge in [0.2, 0.25) is 0 Å². The Labute approximate surface area is 134 Å². The number of hydrogen-bond acceptors (Lipinski definition) is 2. The van der Waals surface area contributed by atoms with E-state index in [0.717, 1.165) is 5.56 Å². The maximum atomic E-state index is 10.8. The number of aromatic carboxylic acids is 1. The van der Waals surface area contributed by atoms with E-state index < -0.39 is 5.97 Å². The Morgan fingerprint density at radius 2 is 1.95 bits per heavy atom. The van der Waals surface area contributed by atoms with Crippen LogP contribution in [0.4, 0.5) is 0 Å². The van der Waals surface area contributed by atoms with E-state index in [4.69, 9.17) is 33.0 Å². The summed E-state index contributed by atoms with van der Waals surface area (Å²) in [6.07, 6.45) is 0. The van der Waals surface area contributed by atoms with Crippen molar-refractivity contribution in [2.24, 2.45) is 0 Å².